The summed E-state index contributed by atoms with van der Waals surface area (Å²) in [6.07, 6.45) is 3.79. The molecule has 1 aliphatic rings. The zero-order valence-corrected chi connectivity index (χ0v) is 19.7. The quantitative estimate of drug-likeness (QED) is 0.323. The van der Waals surface area contributed by atoms with Gasteiger partial charge in [0.05, 0.1) is 26.3 Å². The molecule has 1 atom stereocenters. The van der Waals surface area contributed by atoms with Crippen LogP contribution in [0.3, 0.4) is 0 Å². The molecule has 1 aliphatic heterocycles. The van der Waals surface area contributed by atoms with Gasteiger partial charge in [-0.05, 0) is 31.0 Å². The number of halogens is 1. The van der Waals surface area contributed by atoms with E-state index in [2.05, 4.69) is 58.7 Å². The first-order valence-electron chi connectivity index (χ1n) is 10.1. The SMILES string of the molecule is CCNC(=NCc1cccc(Cn2cccn2)c1)NCC(C)N1CCOCC1.I. The highest BCUT2D eigenvalue weighted by molar-refractivity contribution is 14.0. The maximum atomic E-state index is 5.44. The number of ether oxygens (including phenoxy) is 1. The van der Waals surface area contributed by atoms with Gasteiger partial charge in [0.2, 0.25) is 0 Å². The van der Waals surface area contributed by atoms with E-state index in [1.165, 1.54) is 11.1 Å². The van der Waals surface area contributed by atoms with Gasteiger partial charge in [-0.15, -0.1) is 24.0 Å². The molecule has 160 valence electrons. The Morgan fingerprint density at radius 2 is 2.00 bits per heavy atom. The molecule has 1 fully saturated rings. The van der Waals surface area contributed by atoms with Gasteiger partial charge < -0.3 is 15.4 Å². The zero-order chi connectivity index (χ0) is 19.6. The van der Waals surface area contributed by atoms with E-state index < -0.39 is 0 Å². The summed E-state index contributed by atoms with van der Waals surface area (Å²) >= 11 is 0. The molecule has 0 saturated carbocycles. The summed E-state index contributed by atoms with van der Waals surface area (Å²) in [5.41, 5.74) is 2.43. The molecule has 2 heterocycles. The van der Waals surface area contributed by atoms with Crippen molar-refractivity contribution >= 4 is 29.9 Å². The van der Waals surface area contributed by atoms with Crippen LogP contribution in [0.25, 0.3) is 0 Å². The number of aromatic nitrogens is 2. The Balaban J connectivity index is 0.00000300. The molecule has 3 rings (SSSR count). The van der Waals surface area contributed by atoms with Gasteiger partial charge in [0.1, 0.15) is 0 Å². The number of nitrogens with zero attached hydrogens (tertiary/aromatic N) is 4. The standard InChI is InChI=1S/C21H32N6O.HI/c1-3-22-21(23-15-18(2)26-10-12-28-13-11-26)24-16-19-6-4-7-20(14-19)17-27-9-5-8-25-27;/h4-9,14,18H,3,10-13,15-17H2,1-2H3,(H2,22,23,24);1H. The lowest BCUT2D eigenvalue weighted by atomic mass is 10.1. The first-order valence-corrected chi connectivity index (χ1v) is 10.1. The van der Waals surface area contributed by atoms with Crippen LogP contribution in [0.4, 0.5) is 0 Å². The predicted octanol–water partition coefficient (Wildman–Crippen LogP) is 2.33. The van der Waals surface area contributed by atoms with Crippen LogP contribution in [0, 0.1) is 0 Å². The van der Waals surface area contributed by atoms with Crippen molar-refractivity contribution in [2.45, 2.75) is 33.0 Å². The van der Waals surface area contributed by atoms with E-state index in [9.17, 15) is 0 Å². The van der Waals surface area contributed by atoms with E-state index in [0.29, 0.717) is 12.6 Å². The molecule has 2 aromatic rings. The number of benzene rings is 1. The highest BCUT2D eigenvalue weighted by Crippen LogP contribution is 2.08. The summed E-state index contributed by atoms with van der Waals surface area (Å²) in [5, 5.41) is 11.1. The fourth-order valence-corrected chi connectivity index (χ4v) is 3.31. The summed E-state index contributed by atoms with van der Waals surface area (Å²) in [6.45, 7) is 11.1. The second-order valence-electron chi connectivity index (χ2n) is 7.10. The Bertz CT molecular complexity index is 731. The monoisotopic (exact) mass is 512 g/mol. The fraction of sp³-hybridized carbons (Fsp3) is 0.524. The number of guanidine groups is 1. The lowest BCUT2D eigenvalue weighted by molar-refractivity contribution is 0.0211. The maximum Gasteiger partial charge on any atom is 0.191 e. The minimum atomic E-state index is 0. The van der Waals surface area contributed by atoms with Crippen molar-refractivity contribution in [3.8, 4) is 0 Å². The number of nitrogens with one attached hydrogen (secondary N) is 2. The molecule has 1 aromatic heterocycles. The molecule has 0 bridgehead atoms. The molecule has 1 saturated heterocycles. The van der Waals surface area contributed by atoms with E-state index in [4.69, 9.17) is 9.73 Å². The lowest BCUT2D eigenvalue weighted by Gasteiger charge is -2.32. The summed E-state index contributed by atoms with van der Waals surface area (Å²) in [4.78, 5) is 7.22. The van der Waals surface area contributed by atoms with Crippen LogP contribution in [-0.2, 0) is 17.8 Å². The van der Waals surface area contributed by atoms with Gasteiger partial charge in [0.25, 0.3) is 0 Å². The molecule has 29 heavy (non-hydrogen) atoms. The van der Waals surface area contributed by atoms with Crippen LogP contribution in [0.5, 0.6) is 0 Å². The van der Waals surface area contributed by atoms with Crippen molar-refractivity contribution in [3.05, 3.63) is 53.9 Å². The smallest absolute Gasteiger partial charge is 0.191 e. The van der Waals surface area contributed by atoms with Crippen molar-refractivity contribution in [3.63, 3.8) is 0 Å². The Kier molecular flexibility index (Phi) is 10.4. The molecule has 8 heteroatoms. The molecule has 2 N–H and O–H groups in total. The zero-order valence-electron chi connectivity index (χ0n) is 17.4. The third-order valence-electron chi connectivity index (χ3n) is 4.89. The number of hydrogen-bond donors (Lipinski definition) is 2. The van der Waals surface area contributed by atoms with Gasteiger partial charge in [-0.2, -0.15) is 5.10 Å². The summed E-state index contributed by atoms with van der Waals surface area (Å²) < 4.78 is 7.37. The van der Waals surface area contributed by atoms with Crippen molar-refractivity contribution < 1.29 is 4.74 Å². The van der Waals surface area contributed by atoms with Crippen LogP contribution in [0.2, 0.25) is 0 Å². The van der Waals surface area contributed by atoms with Crippen LogP contribution in [-0.4, -0.2) is 66.1 Å². The summed E-state index contributed by atoms with van der Waals surface area (Å²) in [7, 11) is 0. The Labute approximate surface area is 190 Å². The van der Waals surface area contributed by atoms with E-state index in [0.717, 1.165) is 51.9 Å². The summed E-state index contributed by atoms with van der Waals surface area (Å²) in [6, 6.07) is 10.9. The predicted molar refractivity (Wildman–Crippen MR) is 128 cm³/mol. The molecule has 0 aliphatic carbocycles. The lowest BCUT2D eigenvalue weighted by Crippen LogP contribution is -2.49. The molecule has 0 radical (unpaired) electrons. The van der Waals surface area contributed by atoms with E-state index in [1.54, 1.807) is 6.20 Å². The van der Waals surface area contributed by atoms with Gasteiger partial charge in [0.15, 0.2) is 5.96 Å². The molecule has 0 spiro atoms. The van der Waals surface area contributed by atoms with Crippen LogP contribution in [0.15, 0.2) is 47.7 Å². The van der Waals surface area contributed by atoms with E-state index in [-0.39, 0.29) is 24.0 Å². The van der Waals surface area contributed by atoms with Crippen LogP contribution >= 0.6 is 24.0 Å². The number of rotatable bonds is 8. The third kappa shape index (κ3) is 7.94. The molecule has 1 unspecified atom stereocenters. The number of hydrogen-bond acceptors (Lipinski definition) is 4. The molecule has 7 nitrogen and oxygen atoms in total. The van der Waals surface area contributed by atoms with Crippen molar-refractivity contribution in [1.82, 2.24) is 25.3 Å². The second kappa shape index (κ2) is 12.8. The first-order chi connectivity index (χ1) is 13.7. The normalized spacial score (nSPS) is 16.1. The number of aliphatic imine (C=N–C) groups is 1. The second-order valence-corrected chi connectivity index (χ2v) is 7.10. The topological polar surface area (TPSA) is 66.7 Å². The van der Waals surface area contributed by atoms with Crippen LogP contribution < -0.4 is 10.6 Å². The fourth-order valence-electron chi connectivity index (χ4n) is 3.31. The van der Waals surface area contributed by atoms with Crippen LogP contribution in [0.1, 0.15) is 25.0 Å². The van der Waals surface area contributed by atoms with Crippen molar-refractivity contribution in [1.29, 1.82) is 0 Å². The molecular weight excluding hydrogens is 479 g/mol. The van der Waals surface area contributed by atoms with Gasteiger partial charge in [0, 0.05) is 44.6 Å². The van der Waals surface area contributed by atoms with Gasteiger partial charge in [-0.3, -0.25) is 9.58 Å². The highest BCUT2D eigenvalue weighted by Gasteiger charge is 2.16. The minimum Gasteiger partial charge on any atom is -0.379 e. The molecule has 1 aromatic carbocycles. The Morgan fingerprint density at radius 3 is 2.72 bits per heavy atom. The van der Waals surface area contributed by atoms with Gasteiger partial charge in [-0.1, -0.05) is 24.3 Å². The maximum absolute atomic E-state index is 5.44. The Morgan fingerprint density at radius 1 is 1.21 bits per heavy atom. The third-order valence-corrected chi connectivity index (χ3v) is 4.89. The van der Waals surface area contributed by atoms with E-state index in [1.807, 2.05) is 16.9 Å². The average Bonchev–Trinajstić information content (AvgIpc) is 3.24. The highest BCUT2D eigenvalue weighted by atomic mass is 127. The van der Waals surface area contributed by atoms with E-state index >= 15 is 0 Å². The largest absolute Gasteiger partial charge is 0.379 e. The van der Waals surface area contributed by atoms with Crippen molar-refractivity contribution in [2.24, 2.45) is 4.99 Å². The first kappa shape index (κ1) is 23.6. The molecule has 0 amide bonds. The Hall–Kier alpha value is -1.65. The van der Waals surface area contributed by atoms with Crippen molar-refractivity contribution in [2.75, 3.05) is 39.4 Å². The minimum absolute atomic E-state index is 0. The average molecular weight is 512 g/mol. The summed E-state index contributed by atoms with van der Waals surface area (Å²) in [5.74, 6) is 0.861. The van der Waals surface area contributed by atoms with Gasteiger partial charge in [-0.25, -0.2) is 4.99 Å². The molecular formula is C21H33IN6O. The van der Waals surface area contributed by atoms with Gasteiger partial charge >= 0.3 is 0 Å². The number of morpholine rings is 1.